The number of ether oxygens (including phenoxy) is 2. The minimum atomic E-state index is -1.48. The molecule has 29 nitrogen and oxygen atoms in total. The first-order chi connectivity index (χ1) is 37.2. The molecule has 6 aromatic heterocycles. The predicted molar refractivity (Wildman–Crippen MR) is 277 cm³/mol. The Balaban J connectivity index is 0.763. The number of urea groups is 1. The Bertz CT molecular complexity index is 3020. The van der Waals surface area contributed by atoms with Crippen molar-refractivity contribution in [2.45, 2.75) is 132 Å². The van der Waals surface area contributed by atoms with Gasteiger partial charge < -0.3 is 81.2 Å². The van der Waals surface area contributed by atoms with Crippen molar-refractivity contribution in [1.29, 1.82) is 0 Å². The molecular formula is C48H68N20O9. The highest BCUT2D eigenvalue weighted by molar-refractivity contribution is 5.86. The highest BCUT2D eigenvalue weighted by atomic mass is 16.6. The number of imidazole rings is 4. The molecule has 1 saturated carbocycles. The quantitative estimate of drug-likeness (QED) is 0.0476. The molecule has 8 atom stereocenters. The third kappa shape index (κ3) is 11.5. The molecule has 3 aliphatic heterocycles. The Labute approximate surface area is 442 Å². The van der Waals surface area contributed by atoms with Gasteiger partial charge in [0.1, 0.15) is 24.4 Å². The molecule has 4 aliphatic rings. The molecule has 29 heteroatoms. The Morgan fingerprint density at radius 1 is 0.584 bits per heavy atom. The fraction of sp³-hybridized carbons (Fsp3) is 0.604. The zero-order valence-electron chi connectivity index (χ0n) is 43.4. The summed E-state index contributed by atoms with van der Waals surface area (Å²) in [7, 11) is 3.81. The third-order valence-corrected chi connectivity index (χ3v) is 14.5. The highest BCUT2D eigenvalue weighted by Crippen LogP contribution is 2.36. The topological polar surface area (TPSA) is 361 Å². The summed E-state index contributed by atoms with van der Waals surface area (Å²) in [5.41, 5.74) is 3.24. The van der Waals surface area contributed by atoms with Gasteiger partial charge in [-0.2, -0.15) is 19.9 Å². The van der Waals surface area contributed by atoms with Gasteiger partial charge in [-0.3, -0.25) is 18.7 Å². The first-order valence-corrected chi connectivity index (χ1v) is 26.3. The number of likely N-dealkylation sites (tertiary alicyclic amines) is 1. The Morgan fingerprint density at radius 3 is 1.45 bits per heavy atom. The number of aliphatic hydroxyl groups is 4. The van der Waals surface area contributed by atoms with Crippen molar-refractivity contribution in [3.63, 3.8) is 0 Å². The van der Waals surface area contributed by atoms with Crippen LogP contribution in [0.1, 0.15) is 76.2 Å². The van der Waals surface area contributed by atoms with Crippen LogP contribution >= 0.6 is 0 Å². The maximum absolute atomic E-state index is 13.8. The zero-order chi connectivity index (χ0) is 53.9. The van der Waals surface area contributed by atoms with Crippen LogP contribution in [0.2, 0.25) is 0 Å². The predicted octanol–water partition coefficient (Wildman–Crippen LogP) is -0.738. The number of hydrogen-bond donors (Lipinski definition) is 11. The molecule has 6 aromatic rings. The summed E-state index contributed by atoms with van der Waals surface area (Å²) in [6.07, 6.45) is 4.80. The summed E-state index contributed by atoms with van der Waals surface area (Å²) in [6, 6.07) is -0.284. The lowest BCUT2D eigenvalue weighted by Crippen LogP contribution is -2.50. The van der Waals surface area contributed by atoms with Crippen LogP contribution < -0.4 is 37.2 Å². The van der Waals surface area contributed by atoms with Gasteiger partial charge in [0.15, 0.2) is 58.6 Å². The highest BCUT2D eigenvalue weighted by Gasteiger charge is 2.49. The number of aryl methyl sites for hydroxylation is 2. The van der Waals surface area contributed by atoms with E-state index in [1.165, 1.54) is 21.8 Å². The first kappa shape index (κ1) is 53.1. The molecular weight excluding hydrogens is 1000 g/mol. The van der Waals surface area contributed by atoms with Crippen LogP contribution in [-0.2, 0) is 46.0 Å². The second-order valence-corrected chi connectivity index (χ2v) is 20.0. The molecule has 77 heavy (non-hydrogen) atoms. The van der Waals surface area contributed by atoms with Crippen molar-refractivity contribution >= 4 is 63.7 Å². The summed E-state index contributed by atoms with van der Waals surface area (Å²) < 4.78 is 18.6. The van der Waals surface area contributed by atoms with Gasteiger partial charge in [-0.05, 0) is 52.4 Å². The molecule has 1 aliphatic carbocycles. The van der Waals surface area contributed by atoms with Crippen molar-refractivity contribution in [1.82, 2.24) is 79.0 Å². The van der Waals surface area contributed by atoms with E-state index in [0.29, 0.717) is 118 Å². The van der Waals surface area contributed by atoms with Gasteiger partial charge in [0, 0.05) is 96.7 Å². The normalized spacial score (nSPS) is 25.8. The number of nitrogens with one attached hydrogen (secondary N) is 7. The Kier molecular flexibility index (Phi) is 15.9. The number of nitrogens with zero attached hydrogens (tertiary/aromatic N) is 13. The number of rotatable bonds is 19. The first-order valence-electron chi connectivity index (χ1n) is 26.3. The Morgan fingerprint density at radius 2 is 1.03 bits per heavy atom. The number of fused-ring (bicyclic) bond motifs is 2. The summed E-state index contributed by atoms with van der Waals surface area (Å²) in [5, 5.41) is 66.0. The van der Waals surface area contributed by atoms with Crippen LogP contribution in [0.15, 0.2) is 37.7 Å². The number of hydrogen-bond acceptors (Lipinski definition) is 21. The Hall–Kier alpha value is -7.31. The average molecular weight is 1070 g/mol. The lowest BCUT2D eigenvalue weighted by Gasteiger charge is -2.35. The molecule has 11 N–H and O–H groups in total. The largest absolute Gasteiger partial charge is 0.387 e. The molecule has 4 fully saturated rings. The summed E-state index contributed by atoms with van der Waals surface area (Å²) >= 11 is 0. The monoisotopic (exact) mass is 1070 g/mol. The standard InChI is InChI=1S/C48H68N20O9/c1-5-49-42(73)36-32(69)34(71)44(76-36)67-23-55-30-38(60-46(62-40(30)67)51-15-11-28-19-64(3)21-53-28)57-25-7-9-26(10-8-25)59-48(75)66-17-13-27(14-18-66)58-39-31-41(63-47(61-39)52-16-12-29-20-65(4)22-54-29)68(24-56-31)45-35(72)33(70)37(77-45)43(74)50-6-2/h19-27,32-37,44-45,69-72H,5-18H2,1-4H3,(H,49,73)(H,50,74)(H,59,75)(H2,51,57,60,62)(H2,52,58,61,63)/t25?,26?,32-,33-,34+,35+,36-,37-,44+,45+/m0/s1. The van der Waals surface area contributed by atoms with Gasteiger partial charge in [-0.1, -0.05) is 0 Å². The molecule has 9 heterocycles. The van der Waals surface area contributed by atoms with Crippen molar-refractivity contribution in [3.8, 4) is 0 Å². The SMILES string of the molecule is CCNC(=O)[C@H]1O[C@@H](n2cnc3c(NC4CCC(NC(=O)N5CCC(Nc6nc(NCCc7cn(C)cn7)nc7c6ncn7[C@@H]6O[C@H](C(=O)NCC)[C@@H](O)[C@H]6O)CC5)CC4)nc(NCCc4cn(C)cn4)nc32)[C@H](O)[C@@H]1O. The van der Waals surface area contributed by atoms with Gasteiger partial charge in [-0.15, -0.1) is 0 Å². The average Bonchev–Trinajstić information content (AvgIpc) is 4.34. The van der Waals surface area contributed by atoms with Crippen LogP contribution in [0.5, 0.6) is 0 Å². The molecule has 3 saturated heterocycles. The molecule has 414 valence electrons. The molecule has 4 amide bonds. The number of carbonyl (C=O) groups is 3. The van der Waals surface area contributed by atoms with Gasteiger partial charge in [0.2, 0.25) is 11.9 Å². The van der Waals surface area contributed by atoms with Crippen LogP contribution in [0.4, 0.5) is 28.3 Å². The van der Waals surface area contributed by atoms with Gasteiger partial charge >= 0.3 is 6.03 Å². The summed E-state index contributed by atoms with van der Waals surface area (Å²) in [4.78, 5) is 78.2. The van der Waals surface area contributed by atoms with E-state index >= 15 is 0 Å². The smallest absolute Gasteiger partial charge is 0.317 e. The number of carbonyl (C=O) groups excluding carboxylic acids is 3. The van der Waals surface area contributed by atoms with E-state index < -0.39 is 60.9 Å². The van der Waals surface area contributed by atoms with E-state index in [2.05, 4.69) is 57.2 Å². The minimum absolute atomic E-state index is 0.0188. The number of anilines is 4. The van der Waals surface area contributed by atoms with Crippen LogP contribution in [-0.4, -0.2) is 195 Å². The maximum atomic E-state index is 13.8. The molecule has 0 spiro atoms. The molecule has 10 rings (SSSR count). The molecule has 0 bridgehead atoms. The van der Waals surface area contributed by atoms with Crippen molar-refractivity contribution in [2.24, 2.45) is 14.1 Å². The zero-order valence-corrected chi connectivity index (χ0v) is 43.4. The van der Waals surface area contributed by atoms with E-state index in [0.717, 1.165) is 24.2 Å². The lowest BCUT2D eigenvalue weighted by atomic mass is 9.91. The molecule has 0 aromatic carbocycles. The minimum Gasteiger partial charge on any atom is -0.387 e. The summed E-state index contributed by atoms with van der Waals surface area (Å²) in [6.45, 7) is 6.07. The number of amides is 4. The van der Waals surface area contributed by atoms with Crippen molar-refractivity contribution < 1.29 is 44.3 Å². The maximum Gasteiger partial charge on any atom is 0.317 e. The van der Waals surface area contributed by atoms with Crippen LogP contribution in [0, 0.1) is 0 Å². The number of likely N-dealkylation sites (N-methyl/N-ethyl adjacent to an activating group) is 2. The number of aromatic nitrogens is 12. The van der Waals surface area contributed by atoms with Crippen LogP contribution in [0.3, 0.4) is 0 Å². The van der Waals surface area contributed by atoms with Gasteiger partial charge in [0.05, 0.1) is 36.7 Å². The fourth-order valence-electron chi connectivity index (χ4n) is 10.4. The number of aliphatic hydroxyl groups excluding tert-OH is 4. The number of piperidine rings is 1. The van der Waals surface area contributed by atoms with Crippen molar-refractivity contribution in [2.75, 3.05) is 60.5 Å². The van der Waals surface area contributed by atoms with E-state index in [1.807, 2.05) is 40.5 Å². The fourth-order valence-corrected chi connectivity index (χ4v) is 10.4. The molecule has 0 radical (unpaired) electrons. The van der Waals surface area contributed by atoms with Crippen LogP contribution in [0.25, 0.3) is 22.3 Å². The second-order valence-electron chi connectivity index (χ2n) is 20.0. The van der Waals surface area contributed by atoms with Gasteiger partial charge in [-0.25, -0.2) is 24.7 Å². The van der Waals surface area contributed by atoms with E-state index in [1.54, 1.807) is 26.5 Å². The van der Waals surface area contributed by atoms with Crippen molar-refractivity contribution in [3.05, 3.63) is 49.1 Å². The van der Waals surface area contributed by atoms with E-state index in [4.69, 9.17) is 29.4 Å². The third-order valence-electron chi connectivity index (χ3n) is 14.5. The van der Waals surface area contributed by atoms with E-state index in [9.17, 15) is 34.8 Å². The second kappa shape index (κ2) is 23.1. The van der Waals surface area contributed by atoms with Gasteiger partial charge in [0.25, 0.3) is 11.8 Å². The summed E-state index contributed by atoms with van der Waals surface area (Å²) in [5.74, 6) is 0.405. The van der Waals surface area contributed by atoms with E-state index in [-0.39, 0.29) is 30.1 Å². The molecule has 0 unspecified atom stereocenters. The lowest BCUT2D eigenvalue weighted by molar-refractivity contribution is -0.138.